The van der Waals surface area contributed by atoms with Crippen molar-refractivity contribution in [2.24, 2.45) is 0 Å². The molecule has 19 heavy (non-hydrogen) atoms. The Bertz CT molecular complexity index is 206. The molecule has 0 aliphatic heterocycles. The number of rotatable bonds is 14. The molecule has 1 heteroatoms. The molecule has 1 N–H and O–H groups in total. The van der Waals surface area contributed by atoms with Crippen molar-refractivity contribution in [2.45, 2.75) is 84.0 Å². The van der Waals surface area contributed by atoms with Gasteiger partial charge in [0.15, 0.2) is 0 Å². The maximum Gasteiger partial charge on any atom is 0.0431 e. The van der Waals surface area contributed by atoms with Crippen LogP contribution >= 0.6 is 0 Å². The van der Waals surface area contributed by atoms with E-state index in [1.165, 1.54) is 64.2 Å². The molecular formula is C18H34O. The highest BCUT2D eigenvalue weighted by Gasteiger charge is 1.92. The molecule has 0 radical (unpaired) electrons. The van der Waals surface area contributed by atoms with Crippen LogP contribution in [-0.2, 0) is 0 Å². The van der Waals surface area contributed by atoms with Gasteiger partial charge >= 0.3 is 0 Å². The van der Waals surface area contributed by atoms with Crippen LogP contribution in [0.15, 0.2) is 24.3 Å². The quantitative estimate of drug-likeness (QED) is 0.311. The molecular weight excluding hydrogens is 232 g/mol. The predicted octanol–water partition coefficient (Wildman–Crippen LogP) is 5.79. The Hall–Kier alpha value is -0.560. The van der Waals surface area contributed by atoms with Gasteiger partial charge in [0, 0.05) is 6.61 Å². The van der Waals surface area contributed by atoms with Gasteiger partial charge in [-0.2, -0.15) is 0 Å². The van der Waals surface area contributed by atoms with Gasteiger partial charge in [0.05, 0.1) is 0 Å². The summed E-state index contributed by atoms with van der Waals surface area (Å²) in [6, 6.07) is 0. The van der Waals surface area contributed by atoms with Gasteiger partial charge in [-0.25, -0.2) is 0 Å². The molecule has 0 saturated heterocycles. The van der Waals surface area contributed by atoms with Gasteiger partial charge in [-0.3, -0.25) is 0 Å². The van der Waals surface area contributed by atoms with Crippen molar-refractivity contribution in [1.82, 2.24) is 0 Å². The summed E-state index contributed by atoms with van der Waals surface area (Å²) in [5, 5.41) is 8.66. The molecule has 0 spiro atoms. The molecule has 0 saturated carbocycles. The van der Waals surface area contributed by atoms with Gasteiger partial charge in [-0.15, -0.1) is 0 Å². The first-order chi connectivity index (χ1) is 9.41. The number of hydrogen-bond acceptors (Lipinski definition) is 1. The molecule has 0 heterocycles. The topological polar surface area (TPSA) is 20.2 Å². The third kappa shape index (κ3) is 17.4. The van der Waals surface area contributed by atoms with Crippen molar-refractivity contribution >= 4 is 0 Å². The fourth-order valence-corrected chi connectivity index (χ4v) is 2.18. The van der Waals surface area contributed by atoms with Crippen molar-refractivity contribution in [3.8, 4) is 0 Å². The van der Waals surface area contributed by atoms with Gasteiger partial charge in [0.25, 0.3) is 0 Å². The number of allylic oxidation sites excluding steroid dienone is 4. The van der Waals surface area contributed by atoms with E-state index < -0.39 is 0 Å². The molecule has 0 aromatic heterocycles. The predicted molar refractivity (Wildman–Crippen MR) is 86.4 cm³/mol. The van der Waals surface area contributed by atoms with Crippen LogP contribution in [-0.4, -0.2) is 11.7 Å². The van der Waals surface area contributed by atoms with E-state index in [0.29, 0.717) is 6.61 Å². The van der Waals surface area contributed by atoms with E-state index >= 15 is 0 Å². The molecule has 0 amide bonds. The smallest absolute Gasteiger partial charge is 0.0431 e. The van der Waals surface area contributed by atoms with Gasteiger partial charge in [0.2, 0.25) is 0 Å². The van der Waals surface area contributed by atoms with Crippen LogP contribution < -0.4 is 0 Å². The fourth-order valence-electron chi connectivity index (χ4n) is 2.18. The van der Waals surface area contributed by atoms with Gasteiger partial charge < -0.3 is 5.11 Å². The Morgan fingerprint density at radius 3 is 1.63 bits per heavy atom. The molecule has 0 atom stereocenters. The summed E-state index contributed by atoms with van der Waals surface area (Å²) >= 11 is 0. The van der Waals surface area contributed by atoms with Gasteiger partial charge in [-0.05, 0) is 25.7 Å². The van der Waals surface area contributed by atoms with Crippen LogP contribution in [0.3, 0.4) is 0 Å². The summed E-state index contributed by atoms with van der Waals surface area (Å²) in [4.78, 5) is 0. The molecule has 0 unspecified atom stereocenters. The zero-order valence-electron chi connectivity index (χ0n) is 12.9. The number of aliphatic hydroxyl groups is 1. The minimum atomic E-state index is 0.364. The van der Waals surface area contributed by atoms with Gasteiger partial charge in [0.1, 0.15) is 0 Å². The first-order valence-electron chi connectivity index (χ1n) is 8.34. The van der Waals surface area contributed by atoms with Crippen molar-refractivity contribution in [3.05, 3.63) is 24.3 Å². The van der Waals surface area contributed by atoms with Crippen LogP contribution in [0.1, 0.15) is 84.0 Å². The Labute approximate surface area is 120 Å². The lowest BCUT2D eigenvalue weighted by molar-refractivity contribution is 0.282. The summed E-state index contributed by atoms with van der Waals surface area (Å²) < 4.78 is 0. The third-order valence-electron chi connectivity index (χ3n) is 3.40. The molecule has 112 valence electrons. The van der Waals surface area contributed by atoms with Crippen LogP contribution in [0.2, 0.25) is 0 Å². The molecule has 1 nitrogen and oxygen atoms in total. The second kappa shape index (κ2) is 17.4. The number of aliphatic hydroxyl groups excluding tert-OH is 1. The monoisotopic (exact) mass is 266 g/mol. The lowest BCUT2D eigenvalue weighted by atomic mass is 10.1. The van der Waals surface area contributed by atoms with Crippen molar-refractivity contribution in [1.29, 1.82) is 0 Å². The van der Waals surface area contributed by atoms with Crippen LogP contribution in [0.4, 0.5) is 0 Å². The summed E-state index contributed by atoms with van der Waals surface area (Å²) in [6.45, 7) is 2.53. The van der Waals surface area contributed by atoms with Crippen LogP contribution in [0.5, 0.6) is 0 Å². The first kappa shape index (κ1) is 18.4. The maximum atomic E-state index is 8.66. The van der Waals surface area contributed by atoms with Crippen LogP contribution in [0, 0.1) is 0 Å². The molecule has 0 aromatic carbocycles. The second-order valence-corrected chi connectivity index (χ2v) is 5.31. The average molecular weight is 266 g/mol. The van der Waals surface area contributed by atoms with E-state index in [0.717, 1.165) is 12.8 Å². The summed E-state index contributed by atoms with van der Waals surface area (Å²) in [5.41, 5.74) is 0. The molecule has 0 aromatic rings. The highest BCUT2D eigenvalue weighted by molar-refractivity contribution is 5.01. The second-order valence-electron chi connectivity index (χ2n) is 5.31. The first-order valence-corrected chi connectivity index (χ1v) is 8.34. The lowest BCUT2D eigenvalue weighted by Crippen LogP contribution is -1.84. The SMILES string of the molecule is CC/C=C/C=C\CCCCCCCCCCCCO. The standard InChI is InChI=1S/C18H34O/c1-2-3-4-5-6-7-8-9-10-11-12-13-14-15-16-17-18-19/h3-6,19H,2,7-18H2,1H3/b4-3+,6-5-. The van der Waals surface area contributed by atoms with E-state index in [9.17, 15) is 0 Å². The van der Waals surface area contributed by atoms with E-state index in [-0.39, 0.29) is 0 Å². The number of unbranched alkanes of at least 4 members (excludes halogenated alkanes) is 10. The van der Waals surface area contributed by atoms with Gasteiger partial charge in [-0.1, -0.05) is 82.6 Å². The molecule has 0 aliphatic rings. The third-order valence-corrected chi connectivity index (χ3v) is 3.40. The van der Waals surface area contributed by atoms with Crippen molar-refractivity contribution in [2.75, 3.05) is 6.61 Å². The van der Waals surface area contributed by atoms with Crippen LogP contribution in [0.25, 0.3) is 0 Å². The van der Waals surface area contributed by atoms with E-state index in [2.05, 4.69) is 31.2 Å². The summed E-state index contributed by atoms with van der Waals surface area (Å²) in [7, 11) is 0. The zero-order valence-corrected chi connectivity index (χ0v) is 12.9. The number of hydrogen-bond donors (Lipinski definition) is 1. The molecule has 0 bridgehead atoms. The van der Waals surface area contributed by atoms with E-state index in [4.69, 9.17) is 5.11 Å². The van der Waals surface area contributed by atoms with Crippen molar-refractivity contribution < 1.29 is 5.11 Å². The summed E-state index contributed by atoms with van der Waals surface area (Å²) in [6.07, 6.45) is 24.3. The minimum absolute atomic E-state index is 0.364. The Morgan fingerprint density at radius 2 is 1.11 bits per heavy atom. The average Bonchev–Trinajstić information content (AvgIpc) is 2.43. The van der Waals surface area contributed by atoms with E-state index in [1.807, 2.05) is 0 Å². The summed E-state index contributed by atoms with van der Waals surface area (Å²) in [5.74, 6) is 0. The highest BCUT2D eigenvalue weighted by Crippen LogP contribution is 2.11. The largest absolute Gasteiger partial charge is 0.396 e. The maximum absolute atomic E-state index is 8.66. The lowest BCUT2D eigenvalue weighted by Gasteiger charge is -2.01. The Balaban J connectivity index is 3.02. The fraction of sp³-hybridized carbons (Fsp3) is 0.778. The van der Waals surface area contributed by atoms with Crippen molar-refractivity contribution in [3.63, 3.8) is 0 Å². The highest BCUT2D eigenvalue weighted by atomic mass is 16.2. The Kier molecular flexibility index (Phi) is 16.9. The normalized spacial score (nSPS) is 11.9. The molecule has 0 fully saturated rings. The molecule has 0 aliphatic carbocycles. The molecule has 0 rings (SSSR count). The zero-order chi connectivity index (χ0) is 14.0. The minimum Gasteiger partial charge on any atom is -0.396 e. The Morgan fingerprint density at radius 1 is 0.632 bits per heavy atom. The van der Waals surface area contributed by atoms with E-state index in [1.54, 1.807) is 0 Å².